The summed E-state index contributed by atoms with van der Waals surface area (Å²) in [5.74, 6) is 1.34. The van der Waals surface area contributed by atoms with Gasteiger partial charge < -0.3 is 19.9 Å². The number of aliphatic hydroxyl groups is 1. The van der Waals surface area contributed by atoms with Crippen molar-refractivity contribution in [3.05, 3.63) is 52.2 Å². The van der Waals surface area contributed by atoms with Crippen molar-refractivity contribution in [3.8, 4) is 11.6 Å². The molecule has 0 bridgehead atoms. The number of rotatable bonds is 11. The van der Waals surface area contributed by atoms with Crippen LogP contribution in [0.1, 0.15) is 24.6 Å². The number of pyridine rings is 2. The lowest BCUT2D eigenvalue weighted by molar-refractivity contribution is 0.140. The molecule has 2 atom stereocenters. The van der Waals surface area contributed by atoms with Crippen molar-refractivity contribution in [2.45, 2.75) is 39.5 Å². The Morgan fingerprint density at radius 3 is 2.86 bits per heavy atom. The highest BCUT2D eigenvalue weighted by Gasteiger charge is 2.30. The van der Waals surface area contributed by atoms with E-state index in [4.69, 9.17) is 9.47 Å². The van der Waals surface area contributed by atoms with Crippen LogP contribution in [-0.2, 0) is 13.1 Å². The normalized spacial score (nSPS) is 18.3. The summed E-state index contributed by atoms with van der Waals surface area (Å²) in [6.45, 7) is 8.45. The van der Waals surface area contributed by atoms with Gasteiger partial charge >= 0.3 is 0 Å². The summed E-state index contributed by atoms with van der Waals surface area (Å²) in [4.78, 5) is 27.9. The van der Waals surface area contributed by atoms with Gasteiger partial charge in [-0.15, -0.1) is 0 Å². The van der Waals surface area contributed by atoms with Crippen LogP contribution in [-0.4, -0.2) is 75.5 Å². The second-order valence-corrected chi connectivity index (χ2v) is 8.95. The Labute approximate surface area is 204 Å². The van der Waals surface area contributed by atoms with Crippen LogP contribution >= 0.6 is 0 Å². The average Bonchev–Trinajstić information content (AvgIpc) is 3.22. The van der Waals surface area contributed by atoms with E-state index in [1.165, 1.54) is 19.4 Å². The Morgan fingerprint density at radius 2 is 2.06 bits per heavy atom. The minimum Gasteiger partial charge on any atom is -0.493 e. The Balaban J connectivity index is 1.31. The number of aryl methyl sites for hydroxylation is 1. The molecule has 1 aliphatic heterocycles. The van der Waals surface area contributed by atoms with Gasteiger partial charge in [0.15, 0.2) is 5.65 Å². The van der Waals surface area contributed by atoms with Crippen molar-refractivity contribution in [2.24, 2.45) is 5.92 Å². The zero-order valence-electron chi connectivity index (χ0n) is 20.6. The van der Waals surface area contributed by atoms with Crippen LogP contribution in [0, 0.1) is 12.8 Å². The number of aromatic nitrogens is 4. The average molecular weight is 483 g/mol. The summed E-state index contributed by atoms with van der Waals surface area (Å²) in [6, 6.07) is 5.16. The SMILES string of the molecule is CCCOc1cc(CNCC2CN(CCn3c(=O)ccc4ncc(OC)nc43)CC2O)ncc1C. The molecule has 188 valence electrons. The van der Waals surface area contributed by atoms with E-state index in [0.717, 1.165) is 30.0 Å². The van der Waals surface area contributed by atoms with E-state index >= 15 is 0 Å². The lowest BCUT2D eigenvalue weighted by Crippen LogP contribution is -2.31. The maximum atomic E-state index is 12.5. The summed E-state index contributed by atoms with van der Waals surface area (Å²) >= 11 is 0. The first-order valence-electron chi connectivity index (χ1n) is 12.1. The van der Waals surface area contributed by atoms with Crippen molar-refractivity contribution < 1.29 is 14.6 Å². The number of hydrogen-bond acceptors (Lipinski definition) is 9. The molecule has 4 heterocycles. The number of β-amino-alcohol motifs (C(OH)–C–C–N with tert-alkyl or cyclic N) is 1. The van der Waals surface area contributed by atoms with Gasteiger partial charge in [0.05, 0.1) is 31.7 Å². The largest absolute Gasteiger partial charge is 0.493 e. The second-order valence-electron chi connectivity index (χ2n) is 8.95. The van der Waals surface area contributed by atoms with Crippen LogP contribution in [0.15, 0.2) is 35.4 Å². The predicted molar refractivity (Wildman–Crippen MR) is 133 cm³/mol. The van der Waals surface area contributed by atoms with Gasteiger partial charge in [0.1, 0.15) is 11.3 Å². The first kappa shape index (κ1) is 25.0. The van der Waals surface area contributed by atoms with E-state index in [0.29, 0.717) is 56.4 Å². The van der Waals surface area contributed by atoms with E-state index in [2.05, 4.69) is 32.1 Å². The van der Waals surface area contributed by atoms with E-state index in [9.17, 15) is 9.90 Å². The Hall–Kier alpha value is -3.08. The van der Waals surface area contributed by atoms with Gasteiger partial charge in [0.25, 0.3) is 5.56 Å². The molecule has 0 aromatic carbocycles. The third-order valence-electron chi connectivity index (χ3n) is 6.28. The summed E-state index contributed by atoms with van der Waals surface area (Å²) < 4.78 is 12.6. The van der Waals surface area contributed by atoms with Crippen molar-refractivity contribution in [2.75, 3.05) is 39.9 Å². The first-order valence-corrected chi connectivity index (χ1v) is 12.1. The highest BCUT2D eigenvalue weighted by atomic mass is 16.5. The molecule has 10 heteroatoms. The minimum atomic E-state index is -0.430. The standard InChI is InChI=1S/C25H34N6O4/c1-4-9-35-22-10-19(27-11-17(22)2)13-26-12-18-15-30(16-21(18)32)7-8-31-24(33)6-5-20-25(31)29-23(34-3)14-28-20/h5-6,10-11,14,18,21,26,32H,4,7-9,12-13,15-16H2,1-3H3. The minimum absolute atomic E-state index is 0.0976. The van der Waals surface area contributed by atoms with Gasteiger partial charge in [0, 0.05) is 69.1 Å². The summed E-state index contributed by atoms with van der Waals surface area (Å²) in [5.41, 5.74) is 2.95. The molecular weight excluding hydrogens is 448 g/mol. The van der Waals surface area contributed by atoms with Crippen LogP contribution < -0.4 is 20.3 Å². The number of fused-ring (bicyclic) bond motifs is 1. The molecule has 0 aliphatic carbocycles. The summed E-state index contributed by atoms with van der Waals surface area (Å²) in [7, 11) is 1.52. The highest BCUT2D eigenvalue weighted by molar-refractivity contribution is 5.70. The lowest BCUT2D eigenvalue weighted by Gasteiger charge is -2.17. The Kier molecular flexibility index (Phi) is 8.27. The number of hydrogen-bond donors (Lipinski definition) is 2. The third kappa shape index (κ3) is 6.14. The molecule has 0 radical (unpaired) electrons. The number of ether oxygens (including phenoxy) is 2. The maximum Gasteiger partial charge on any atom is 0.252 e. The van der Waals surface area contributed by atoms with Gasteiger partial charge in [0.2, 0.25) is 5.88 Å². The summed E-state index contributed by atoms with van der Waals surface area (Å²) in [5, 5.41) is 14.0. The molecule has 35 heavy (non-hydrogen) atoms. The first-order chi connectivity index (χ1) is 17.0. The molecule has 0 amide bonds. The lowest BCUT2D eigenvalue weighted by atomic mass is 10.1. The van der Waals surface area contributed by atoms with Crippen molar-refractivity contribution in [1.29, 1.82) is 0 Å². The molecule has 0 spiro atoms. The molecule has 2 N–H and O–H groups in total. The number of aliphatic hydroxyl groups excluding tert-OH is 1. The van der Waals surface area contributed by atoms with E-state index in [-0.39, 0.29) is 11.5 Å². The number of methoxy groups -OCH3 is 1. The monoisotopic (exact) mass is 482 g/mol. The number of likely N-dealkylation sites (tertiary alicyclic amines) is 1. The van der Waals surface area contributed by atoms with Gasteiger partial charge in [-0.3, -0.25) is 19.2 Å². The zero-order valence-corrected chi connectivity index (χ0v) is 20.6. The predicted octanol–water partition coefficient (Wildman–Crippen LogP) is 1.37. The number of nitrogens with zero attached hydrogens (tertiary/aromatic N) is 5. The molecule has 1 fully saturated rings. The van der Waals surface area contributed by atoms with Crippen LogP contribution in [0.2, 0.25) is 0 Å². The van der Waals surface area contributed by atoms with E-state index in [1.54, 1.807) is 10.6 Å². The quantitative estimate of drug-likeness (QED) is 0.418. The van der Waals surface area contributed by atoms with Crippen molar-refractivity contribution in [3.63, 3.8) is 0 Å². The van der Waals surface area contributed by atoms with Crippen molar-refractivity contribution in [1.82, 2.24) is 29.7 Å². The molecule has 3 aromatic rings. The molecule has 1 aliphatic rings. The molecule has 3 aromatic heterocycles. The second kappa shape index (κ2) is 11.6. The fraction of sp³-hybridized carbons (Fsp3) is 0.520. The molecular formula is C25H34N6O4. The summed E-state index contributed by atoms with van der Waals surface area (Å²) in [6.07, 6.45) is 3.91. The van der Waals surface area contributed by atoms with Crippen LogP contribution in [0.4, 0.5) is 0 Å². The maximum absolute atomic E-state index is 12.5. The molecule has 1 saturated heterocycles. The zero-order chi connectivity index (χ0) is 24.8. The van der Waals surface area contributed by atoms with Crippen LogP contribution in [0.25, 0.3) is 11.2 Å². The van der Waals surface area contributed by atoms with Gasteiger partial charge in [-0.1, -0.05) is 6.92 Å². The highest BCUT2D eigenvalue weighted by Crippen LogP contribution is 2.19. The molecule has 10 nitrogen and oxygen atoms in total. The Bertz CT molecular complexity index is 1200. The number of nitrogens with one attached hydrogen (secondary N) is 1. The van der Waals surface area contributed by atoms with Crippen LogP contribution in [0.3, 0.4) is 0 Å². The van der Waals surface area contributed by atoms with E-state index < -0.39 is 6.10 Å². The third-order valence-corrected chi connectivity index (χ3v) is 6.28. The van der Waals surface area contributed by atoms with Gasteiger partial charge in [-0.2, -0.15) is 4.98 Å². The topological polar surface area (TPSA) is 115 Å². The van der Waals surface area contributed by atoms with Gasteiger partial charge in [-0.05, 0) is 19.4 Å². The smallest absolute Gasteiger partial charge is 0.252 e. The fourth-order valence-corrected chi connectivity index (χ4v) is 4.31. The fourth-order valence-electron chi connectivity index (χ4n) is 4.31. The molecule has 2 unspecified atom stereocenters. The van der Waals surface area contributed by atoms with Crippen LogP contribution in [0.5, 0.6) is 11.6 Å². The molecule has 0 saturated carbocycles. The van der Waals surface area contributed by atoms with Crippen molar-refractivity contribution >= 4 is 11.2 Å². The van der Waals surface area contributed by atoms with Gasteiger partial charge in [-0.25, -0.2) is 4.98 Å². The van der Waals surface area contributed by atoms with E-state index in [1.807, 2.05) is 19.2 Å². The Morgan fingerprint density at radius 1 is 1.20 bits per heavy atom. The molecule has 4 rings (SSSR count).